The summed E-state index contributed by atoms with van der Waals surface area (Å²) in [6.07, 6.45) is 0. The number of rotatable bonds is 5. The van der Waals surface area contributed by atoms with Crippen molar-refractivity contribution in [1.82, 2.24) is 9.55 Å². The molecule has 0 saturated heterocycles. The molecule has 1 heterocycles. The van der Waals surface area contributed by atoms with E-state index in [0.29, 0.717) is 5.69 Å². The number of methoxy groups -OCH3 is 2. The van der Waals surface area contributed by atoms with Crippen LogP contribution in [0.15, 0.2) is 14.4 Å². The maximum Gasteiger partial charge on any atom is 0.325 e. The molecule has 0 saturated carbocycles. The minimum atomic E-state index is -0.579. The number of hydrogen-bond donors (Lipinski definition) is 0. The lowest BCUT2D eigenvalue weighted by Gasteiger charge is -2.11. The van der Waals surface area contributed by atoms with Crippen molar-refractivity contribution in [2.75, 3.05) is 20.0 Å². The van der Waals surface area contributed by atoms with Gasteiger partial charge in [-0.05, 0) is 22.9 Å². The molecule has 7 nitrogen and oxygen atoms in total. The number of ether oxygens (including phenoxy) is 2. The van der Waals surface area contributed by atoms with E-state index in [4.69, 9.17) is 0 Å². The van der Waals surface area contributed by atoms with E-state index < -0.39 is 17.5 Å². The Hall–Kier alpha value is -1.35. The normalized spacial score (nSPS) is 10.2. The van der Waals surface area contributed by atoms with E-state index in [1.807, 2.05) is 0 Å². The summed E-state index contributed by atoms with van der Waals surface area (Å²) in [6, 6.07) is 0. The standard InChI is InChI=1S/C11H13BrN2O5S/c1-6-9(12)10(17)14(4-7(15)18-2)11(13-6)20-5-8(16)19-3/h4-5H2,1-3H3. The summed E-state index contributed by atoms with van der Waals surface area (Å²) in [5, 5.41) is 0.256. The average Bonchev–Trinajstić information content (AvgIpc) is 2.45. The molecule has 0 aliphatic rings. The lowest BCUT2D eigenvalue weighted by atomic mass is 10.4. The Bertz CT molecular complexity index is 587. The van der Waals surface area contributed by atoms with Crippen LogP contribution >= 0.6 is 27.7 Å². The first kappa shape index (κ1) is 16.7. The molecule has 0 radical (unpaired) electrons. The van der Waals surface area contributed by atoms with E-state index in [1.54, 1.807) is 6.92 Å². The molecule has 0 aliphatic carbocycles. The van der Waals surface area contributed by atoms with E-state index in [1.165, 1.54) is 14.2 Å². The Balaban J connectivity index is 3.16. The van der Waals surface area contributed by atoms with Crippen LogP contribution in [0, 0.1) is 6.92 Å². The van der Waals surface area contributed by atoms with Crippen LogP contribution in [0.2, 0.25) is 0 Å². The summed E-state index contributed by atoms with van der Waals surface area (Å²) >= 11 is 4.14. The molecule has 1 aromatic rings. The van der Waals surface area contributed by atoms with Gasteiger partial charge < -0.3 is 9.47 Å². The first-order valence-corrected chi connectivity index (χ1v) is 7.22. The smallest absolute Gasteiger partial charge is 0.325 e. The van der Waals surface area contributed by atoms with Crippen molar-refractivity contribution < 1.29 is 19.1 Å². The predicted molar refractivity (Wildman–Crippen MR) is 75.7 cm³/mol. The second-order valence-corrected chi connectivity index (χ2v) is 5.36. The number of esters is 2. The SMILES string of the molecule is COC(=O)CSc1nc(C)c(Br)c(=O)n1CC(=O)OC. The minimum Gasteiger partial charge on any atom is -0.468 e. The Labute approximate surface area is 127 Å². The molecule has 9 heteroatoms. The summed E-state index contributed by atoms with van der Waals surface area (Å²) in [7, 11) is 2.50. The highest BCUT2D eigenvalue weighted by Crippen LogP contribution is 2.18. The van der Waals surface area contributed by atoms with Crippen LogP contribution < -0.4 is 5.56 Å². The molecule has 1 rings (SSSR count). The number of thioether (sulfide) groups is 1. The van der Waals surface area contributed by atoms with Gasteiger partial charge in [0.15, 0.2) is 5.16 Å². The molecule has 0 N–H and O–H groups in total. The summed E-state index contributed by atoms with van der Waals surface area (Å²) in [4.78, 5) is 38.8. The van der Waals surface area contributed by atoms with Crippen LogP contribution in [0.1, 0.15) is 5.69 Å². The fourth-order valence-electron chi connectivity index (χ4n) is 1.24. The van der Waals surface area contributed by atoms with Crippen molar-refractivity contribution in [2.45, 2.75) is 18.6 Å². The zero-order valence-electron chi connectivity index (χ0n) is 11.1. The largest absolute Gasteiger partial charge is 0.468 e. The Morgan fingerprint density at radius 1 is 1.30 bits per heavy atom. The van der Waals surface area contributed by atoms with E-state index in [0.717, 1.165) is 16.3 Å². The van der Waals surface area contributed by atoms with Crippen molar-refractivity contribution >= 4 is 39.6 Å². The highest BCUT2D eigenvalue weighted by molar-refractivity contribution is 9.10. The van der Waals surface area contributed by atoms with Crippen LogP contribution in [0.5, 0.6) is 0 Å². The third kappa shape index (κ3) is 4.07. The van der Waals surface area contributed by atoms with Gasteiger partial charge in [0, 0.05) is 0 Å². The van der Waals surface area contributed by atoms with Crippen molar-refractivity contribution in [1.29, 1.82) is 0 Å². The maximum absolute atomic E-state index is 12.1. The molecule has 20 heavy (non-hydrogen) atoms. The maximum atomic E-state index is 12.1. The number of carbonyl (C=O) groups is 2. The molecule has 0 bridgehead atoms. The molecule has 0 aromatic carbocycles. The van der Waals surface area contributed by atoms with Gasteiger partial charge in [-0.3, -0.25) is 19.0 Å². The lowest BCUT2D eigenvalue weighted by Crippen LogP contribution is -2.29. The minimum absolute atomic E-state index is 0.00875. The molecule has 0 atom stereocenters. The monoisotopic (exact) mass is 364 g/mol. The molecule has 1 aromatic heterocycles. The summed E-state index contributed by atoms with van der Waals surface area (Å²) in [6.45, 7) is 1.38. The molecule has 0 aliphatic heterocycles. The Morgan fingerprint density at radius 2 is 1.90 bits per heavy atom. The zero-order valence-corrected chi connectivity index (χ0v) is 13.5. The number of carbonyl (C=O) groups excluding carboxylic acids is 2. The van der Waals surface area contributed by atoms with Crippen molar-refractivity contribution in [3.05, 3.63) is 20.5 Å². The Kier molecular flexibility index (Phi) is 6.21. The van der Waals surface area contributed by atoms with Crippen LogP contribution in [0.3, 0.4) is 0 Å². The predicted octanol–water partition coefficient (Wildman–Crippen LogP) is 0.752. The van der Waals surface area contributed by atoms with Crippen LogP contribution in [-0.2, 0) is 25.6 Å². The first-order chi connectivity index (χ1) is 9.40. The van der Waals surface area contributed by atoms with Crippen molar-refractivity contribution in [3.8, 4) is 0 Å². The number of nitrogens with zero attached hydrogens (tertiary/aromatic N) is 2. The van der Waals surface area contributed by atoms with Crippen molar-refractivity contribution in [2.24, 2.45) is 0 Å². The van der Waals surface area contributed by atoms with E-state index >= 15 is 0 Å². The number of hydrogen-bond acceptors (Lipinski definition) is 7. The van der Waals surface area contributed by atoms with Gasteiger partial charge in [0.1, 0.15) is 11.0 Å². The zero-order chi connectivity index (χ0) is 15.3. The third-order valence-electron chi connectivity index (χ3n) is 2.31. The number of aromatic nitrogens is 2. The topological polar surface area (TPSA) is 87.5 Å². The fourth-order valence-corrected chi connectivity index (χ4v) is 2.41. The summed E-state index contributed by atoms with van der Waals surface area (Å²) in [5.41, 5.74) is 0.0683. The van der Waals surface area contributed by atoms with Crippen LogP contribution in [0.25, 0.3) is 0 Å². The second-order valence-electron chi connectivity index (χ2n) is 3.63. The molecule has 110 valence electrons. The summed E-state index contributed by atoms with van der Waals surface area (Å²) in [5.74, 6) is -1.04. The van der Waals surface area contributed by atoms with E-state index in [9.17, 15) is 14.4 Å². The molecular formula is C11H13BrN2O5S. The Morgan fingerprint density at radius 3 is 2.45 bits per heavy atom. The van der Waals surface area contributed by atoms with Gasteiger partial charge in [0.2, 0.25) is 0 Å². The first-order valence-electron chi connectivity index (χ1n) is 5.44. The van der Waals surface area contributed by atoms with Gasteiger partial charge in [0.05, 0.1) is 25.7 Å². The second kappa shape index (κ2) is 7.44. The third-order valence-corrected chi connectivity index (χ3v) is 4.17. The van der Waals surface area contributed by atoms with E-state index in [-0.39, 0.29) is 21.9 Å². The highest BCUT2D eigenvalue weighted by atomic mass is 79.9. The number of halogens is 1. The van der Waals surface area contributed by atoms with Gasteiger partial charge in [-0.15, -0.1) is 0 Å². The molecule has 0 fully saturated rings. The molecule has 0 spiro atoms. The molecule has 0 unspecified atom stereocenters. The van der Waals surface area contributed by atoms with Crippen LogP contribution in [0.4, 0.5) is 0 Å². The van der Waals surface area contributed by atoms with E-state index in [2.05, 4.69) is 30.4 Å². The van der Waals surface area contributed by atoms with Gasteiger partial charge >= 0.3 is 11.9 Å². The van der Waals surface area contributed by atoms with Gasteiger partial charge in [0.25, 0.3) is 5.56 Å². The quantitative estimate of drug-likeness (QED) is 0.432. The molecule has 0 amide bonds. The van der Waals surface area contributed by atoms with Crippen LogP contribution in [-0.4, -0.2) is 41.5 Å². The molecular weight excluding hydrogens is 352 g/mol. The highest BCUT2D eigenvalue weighted by Gasteiger charge is 2.16. The number of aryl methyl sites for hydroxylation is 1. The van der Waals surface area contributed by atoms with Gasteiger partial charge in [-0.1, -0.05) is 11.8 Å². The summed E-state index contributed by atoms with van der Waals surface area (Å²) < 4.78 is 10.5. The average molecular weight is 365 g/mol. The van der Waals surface area contributed by atoms with Gasteiger partial charge in [-0.2, -0.15) is 0 Å². The fraction of sp³-hybridized carbons (Fsp3) is 0.455. The van der Waals surface area contributed by atoms with Crippen molar-refractivity contribution in [3.63, 3.8) is 0 Å². The van der Waals surface area contributed by atoms with Gasteiger partial charge in [-0.25, -0.2) is 4.98 Å². The lowest BCUT2D eigenvalue weighted by molar-refractivity contribution is -0.141.